The van der Waals surface area contributed by atoms with Gasteiger partial charge in [-0.1, -0.05) is 49.7 Å². The minimum Gasteiger partial charge on any atom is -0.352 e. The van der Waals surface area contributed by atoms with E-state index < -0.39 is 6.04 Å². The molecule has 0 spiro atoms. The highest BCUT2D eigenvalue weighted by molar-refractivity contribution is 6.30. The largest absolute Gasteiger partial charge is 0.352 e. The van der Waals surface area contributed by atoms with Crippen LogP contribution in [0.5, 0.6) is 0 Å². The van der Waals surface area contributed by atoms with Crippen molar-refractivity contribution in [2.45, 2.75) is 58.7 Å². The predicted octanol–water partition coefficient (Wildman–Crippen LogP) is 4.74. The van der Waals surface area contributed by atoms with Crippen molar-refractivity contribution in [1.82, 2.24) is 10.2 Å². The minimum atomic E-state index is -0.590. The second-order valence-corrected chi connectivity index (χ2v) is 7.63. The lowest BCUT2D eigenvalue weighted by Gasteiger charge is -2.31. The third kappa shape index (κ3) is 6.86. The third-order valence-corrected chi connectivity index (χ3v) is 5.17. The minimum absolute atomic E-state index is 0.0288. The van der Waals surface area contributed by atoms with Crippen LogP contribution in [-0.4, -0.2) is 28.8 Å². The van der Waals surface area contributed by atoms with Crippen molar-refractivity contribution in [2.24, 2.45) is 0 Å². The lowest BCUT2D eigenvalue weighted by molar-refractivity contribution is -0.141. The number of nitrogens with zero attached hydrogens (tertiary/aromatic N) is 1. The highest BCUT2D eigenvalue weighted by Crippen LogP contribution is 2.17. The van der Waals surface area contributed by atoms with Gasteiger partial charge in [-0.2, -0.15) is 0 Å². The summed E-state index contributed by atoms with van der Waals surface area (Å²) < 4.78 is 13.2. The molecule has 2 aromatic rings. The maximum atomic E-state index is 13.2. The first-order chi connectivity index (χ1) is 13.8. The Bertz CT molecular complexity index is 809. The molecule has 0 aliphatic carbocycles. The lowest BCUT2D eigenvalue weighted by atomic mass is 10.1. The maximum Gasteiger partial charge on any atom is 0.243 e. The Labute approximate surface area is 177 Å². The van der Waals surface area contributed by atoms with E-state index in [2.05, 4.69) is 5.32 Å². The van der Waals surface area contributed by atoms with Crippen LogP contribution < -0.4 is 5.32 Å². The molecule has 2 rings (SSSR count). The van der Waals surface area contributed by atoms with Crippen molar-refractivity contribution < 1.29 is 14.0 Å². The monoisotopic (exact) mass is 418 g/mol. The summed E-state index contributed by atoms with van der Waals surface area (Å²) >= 11 is 5.97. The fraction of sp³-hybridized carbons (Fsp3) is 0.391. The molecule has 4 nitrogen and oxygen atoms in total. The molecule has 0 saturated carbocycles. The summed E-state index contributed by atoms with van der Waals surface area (Å²) in [6.45, 7) is 6.12. The first-order valence-corrected chi connectivity index (χ1v) is 10.3. The third-order valence-electron chi connectivity index (χ3n) is 4.92. The molecule has 1 N–H and O–H groups in total. The molecule has 0 aromatic heterocycles. The SMILES string of the molecule is CCC(C)NC(=O)C(CC)N(Cc1ccc(Cl)cc1)C(=O)Cc1ccc(F)cc1. The van der Waals surface area contributed by atoms with Gasteiger partial charge >= 0.3 is 0 Å². The molecule has 2 amide bonds. The normalized spacial score (nSPS) is 12.9. The van der Waals surface area contributed by atoms with Gasteiger partial charge < -0.3 is 10.2 Å². The number of hydrogen-bond donors (Lipinski definition) is 1. The first kappa shape index (κ1) is 22.9. The zero-order valence-electron chi connectivity index (χ0n) is 17.1. The van der Waals surface area contributed by atoms with Gasteiger partial charge in [0, 0.05) is 17.6 Å². The Morgan fingerprint density at radius 2 is 1.59 bits per heavy atom. The second kappa shape index (κ2) is 11.0. The molecule has 29 heavy (non-hydrogen) atoms. The zero-order chi connectivity index (χ0) is 21.4. The molecule has 0 aliphatic heterocycles. The van der Waals surface area contributed by atoms with Gasteiger partial charge in [0.25, 0.3) is 0 Å². The summed E-state index contributed by atoms with van der Waals surface area (Å²) in [6, 6.07) is 12.5. The summed E-state index contributed by atoms with van der Waals surface area (Å²) in [6.07, 6.45) is 1.40. The molecule has 0 heterocycles. The lowest BCUT2D eigenvalue weighted by Crippen LogP contribution is -2.51. The van der Waals surface area contributed by atoms with Gasteiger partial charge in [0.15, 0.2) is 0 Å². The average Bonchev–Trinajstić information content (AvgIpc) is 2.70. The Balaban J connectivity index is 2.26. The van der Waals surface area contributed by atoms with Gasteiger partial charge in [-0.3, -0.25) is 9.59 Å². The van der Waals surface area contributed by atoms with E-state index in [9.17, 15) is 14.0 Å². The first-order valence-electron chi connectivity index (χ1n) is 9.92. The van der Waals surface area contributed by atoms with Gasteiger partial charge in [-0.25, -0.2) is 4.39 Å². The van der Waals surface area contributed by atoms with E-state index in [4.69, 9.17) is 11.6 Å². The summed E-state index contributed by atoms with van der Waals surface area (Å²) in [4.78, 5) is 27.6. The van der Waals surface area contributed by atoms with Crippen LogP contribution in [0.15, 0.2) is 48.5 Å². The van der Waals surface area contributed by atoms with Crippen molar-refractivity contribution in [2.75, 3.05) is 0 Å². The summed E-state index contributed by atoms with van der Waals surface area (Å²) in [5, 5.41) is 3.59. The smallest absolute Gasteiger partial charge is 0.243 e. The number of hydrogen-bond acceptors (Lipinski definition) is 2. The standard InChI is InChI=1S/C23H28ClFN2O2/c1-4-16(3)26-23(29)21(5-2)27(15-18-6-10-19(24)11-7-18)22(28)14-17-8-12-20(25)13-9-17/h6-13,16,21H,4-5,14-15H2,1-3H3,(H,26,29). The molecule has 2 atom stereocenters. The average molecular weight is 419 g/mol. The summed E-state index contributed by atoms with van der Waals surface area (Å²) in [5.41, 5.74) is 1.59. The Morgan fingerprint density at radius 3 is 2.14 bits per heavy atom. The molecular weight excluding hydrogens is 391 g/mol. The molecule has 2 unspecified atom stereocenters. The quantitative estimate of drug-likeness (QED) is 0.639. The van der Waals surface area contributed by atoms with Crippen LogP contribution in [-0.2, 0) is 22.6 Å². The number of carbonyl (C=O) groups is 2. The van der Waals surface area contributed by atoms with E-state index in [-0.39, 0.29) is 30.1 Å². The maximum absolute atomic E-state index is 13.2. The van der Waals surface area contributed by atoms with Crippen LogP contribution in [0.4, 0.5) is 4.39 Å². The van der Waals surface area contributed by atoms with E-state index in [0.29, 0.717) is 23.6 Å². The molecule has 0 bridgehead atoms. The van der Waals surface area contributed by atoms with Gasteiger partial charge in [0.2, 0.25) is 11.8 Å². The van der Waals surface area contributed by atoms with Crippen LogP contribution in [0.25, 0.3) is 0 Å². The molecule has 156 valence electrons. The fourth-order valence-electron chi connectivity index (χ4n) is 3.03. The van der Waals surface area contributed by atoms with Crippen LogP contribution in [0.1, 0.15) is 44.7 Å². The molecule has 0 aliphatic rings. The van der Waals surface area contributed by atoms with Crippen LogP contribution in [0, 0.1) is 5.82 Å². The van der Waals surface area contributed by atoms with E-state index in [1.165, 1.54) is 12.1 Å². The fourth-order valence-corrected chi connectivity index (χ4v) is 3.15. The van der Waals surface area contributed by atoms with Crippen LogP contribution in [0.3, 0.4) is 0 Å². The van der Waals surface area contributed by atoms with E-state index in [1.54, 1.807) is 29.2 Å². The number of amides is 2. The van der Waals surface area contributed by atoms with Gasteiger partial charge in [0.05, 0.1) is 6.42 Å². The summed E-state index contributed by atoms with van der Waals surface area (Å²) in [7, 11) is 0. The number of halogens is 2. The number of rotatable bonds is 9. The molecule has 6 heteroatoms. The van der Waals surface area contributed by atoms with Crippen LogP contribution >= 0.6 is 11.6 Å². The predicted molar refractivity (Wildman–Crippen MR) is 114 cm³/mol. The van der Waals surface area contributed by atoms with Crippen molar-refractivity contribution in [3.05, 3.63) is 70.5 Å². The summed E-state index contributed by atoms with van der Waals surface area (Å²) in [5.74, 6) is -0.695. The molecule has 0 fully saturated rings. The van der Waals surface area contributed by atoms with Gasteiger partial charge in [0.1, 0.15) is 11.9 Å². The molecular formula is C23H28ClFN2O2. The Morgan fingerprint density at radius 1 is 1.00 bits per heavy atom. The Kier molecular flexibility index (Phi) is 8.65. The second-order valence-electron chi connectivity index (χ2n) is 7.19. The van der Waals surface area contributed by atoms with Crippen molar-refractivity contribution in [1.29, 1.82) is 0 Å². The van der Waals surface area contributed by atoms with E-state index in [1.807, 2.05) is 32.9 Å². The van der Waals surface area contributed by atoms with Gasteiger partial charge in [-0.15, -0.1) is 0 Å². The number of nitrogens with one attached hydrogen (secondary N) is 1. The highest BCUT2D eigenvalue weighted by atomic mass is 35.5. The number of carbonyl (C=O) groups excluding carboxylic acids is 2. The van der Waals surface area contributed by atoms with Crippen molar-refractivity contribution in [3.8, 4) is 0 Å². The molecule has 0 saturated heterocycles. The van der Waals surface area contributed by atoms with Crippen molar-refractivity contribution in [3.63, 3.8) is 0 Å². The van der Waals surface area contributed by atoms with E-state index >= 15 is 0 Å². The van der Waals surface area contributed by atoms with Crippen molar-refractivity contribution >= 4 is 23.4 Å². The topological polar surface area (TPSA) is 49.4 Å². The molecule has 0 radical (unpaired) electrons. The molecule has 2 aromatic carbocycles. The zero-order valence-corrected chi connectivity index (χ0v) is 17.9. The van der Waals surface area contributed by atoms with E-state index in [0.717, 1.165) is 12.0 Å². The van der Waals surface area contributed by atoms with Gasteiger partial charge in [-0.05, 0) is 55.2 Å². The Hall–Kier alpha value is -2.40. The van der Waals surface area contributed by atoms with Crippen LogP contribution in [0.2, 0.25) is 5.02 Å². The number of benzene rings is 2. The highest BCUT2D eigenvalue weighted by Gasteiger charge is 2.29.